The summed E-state index contributed by atoms with van der Waals surface area (Å²) in [5, 5.41) is 10.4. The molecule has 0 radical (unpaired) electrons. The summed E-state index contributed by atoms with van der Waals surface area (Å²) in [5.74, 6) is 0.374. The van der Waals surface area contributed by atoms with Crippen LogP contribution in [0.2, 0.25) is 0 Å². The van der Waals surface area contributed by atoms with Gasteiger partial charge >= 0.3 is 0 Å². The van der Waals surface area contributed by atoms with E-state index in [-0.39, 0.29) is 6.10 Å². The second-order valence-corrected chi connectivity index (χ2v) is 6.66. The van der Waals surface area contributed by atoms with E-state index in [9.17, 15) is 5.11 Å². The third-order valence-corrected chi connectivity index (χ3v) is 4.52. The van der Waals surface area contributed by atoms with E-state index in [0.717, 1.165) is 44.1 Å². The molecule has 0 aliphatic heterocycles. The molecule has 1 aliphatic carbocycles. The Morgan fingerprint density at radius 2 is 1.62 bits per heavy atom. The quantitative estimate of drug-likeness (QED) is 0.611. The highest BCUT2D eigenvalue weighted by Gasteiger charge is 2.15. The van der Waals surface area contributed by atoms with Crippen LogP contribution in [0.4, 0.5) is 0 Å². The highest BCUT2D eigenvalue weighted by Crippen LogP contribution is 2.25. The molecule has 0 aromatic heterocycles. The van der Waals surface area contributed by atoms with Crippen molar-refractivity contribution in [1.82, 2.24) is 0 Å². The van der Waals surface area contributed by atoms with E-state index in [4.69, 9.17) is 0 Å². The molecule has 0 aromatic carbocycles. The SMILES string of the molecule is C=C(C)C1CC=C(C)CCC=C(C)CCC=C(C)C(O)C1. The summed E-state index contributed by atoms with van der Waals surface area (Å²) in [6.07, 6.45) is 12.7. The first-order valence-electron chi connectivity index (χ1n) is 8.21. The zero-order valence-electron chi connectivity index (χ0n) is 14.3. The minimum Gasteiger partial charge on any atom is -0.389 e. The first-order chi connectivity index (χ1) is 9.90. The van der Waals surface area contributed by atoms with Crippen molar-refractivity contribution in [3.8, 4) is 0 Å². The van der Waals surface area contributed by atoms with Gasteiger partial charge in [-0.3, -0.25) is 0 Å². The van der Waals surface area contributed by atoms with Gasteiger partial charge in [-0.2, -0.15) is 0 Å². The molecule has 2 atom stereocenters. The van der Waals surface area contributed by atoms with Crippen LogP contribution < -0.4 is 0 Å². The number of hydrogen-bond donors (Lipinski definition) is 1. The smallest absolute Gasteiger partial charge is 0.0753 e. The van der Waals surface area contributed by atoms with E-state index in [2.05, 4.69) is 45.6 Å². The number of aliphatic hydroxyl groups excluding tert-OH is 1. The second kappa shape index (κ2) is 9.04. The lowest BCUT2D eigenvalue weighted by atomic mass is 9.88. The zero-order chi connectivity index (χ0) is 15.8. The Balaban J connectivity index is 2.89. The van der Waals surface area contributed by atoms with Gasteiger partial charge < -0.3 is 5.11 Å². The summed E-state index contributed by atoms with van der Waals surface area (Å²) in [6.45, 7) is 12.7. The number of rotatable bonds is 1. The molecule has 0 saturated carbocycles. The molecule has 118 valence electrons. The molecule has 1 heteroatoms. The molecule has 1 aliphatic rings. The summed E-state index contributed by atoms with van der Waals surface area (Å²) >= 11 is 0. The number of hydrogen-bond acceptors (Lipinski definition) is 1. The summed E-state index contributed by atoms with van der Waals surface area (Å²) in [4.78, 5) is 0. The minimum absolute atomic E-state index is 0.340. The van der Waals surface area contributed by atoms with Crippen molar-refractivity contribution in [3.63, 3.8) is 0 Å². The Kier molecular flexibility index (Phi) is 7.74. The monoisotopic (exact) mass is 288 g/mol. The molecule has 0 spiro atoms. The topological polar surface area (TPSA) is 20.2 Å². The van der Waals surface area contributed by atoms with Crippen LogP contribution in [0.5, 0.6) is 0 Å². The molecule has 0 aromatic rings. The van der Waals surface area contributed by atoms with Crippen LogP contribution in [0.25, 0.3) is 0 Å². The lowest BCUT2D eigenvalue weighted by molar-refractivity contribution is 0.182. The predicted molar refractivity (Wildman–Crippen MR) is 93.3 cm³/mol. The molecule has 1 N–H and O–H groups in total. The molecule has 0 heterocycles. The first kappa shape index (κ1) is 18.0. The molecule has 2 unspecified atom stereocenters. The van der Waals surface area contributed by atoms with Crippen molar-refractivity contribution >= 4 is 0 Å². The highest BCUT2D eigenvalue weighted by atomic mass is 16.3. The molecule has 0 amide bonds. The Labute approximate surface area is 131 Å². The van der Waals surface area contributed by atoms with Crippen LogP contribution in [-0.2, 0) is 0 Å². The lowest BCUT2D eigenvalue weighted by Crippen LogP contribution is -2.15. The van der Waals surface area contributed by atoms with Crippen molar-refractivity contribution in [3.05, 3.63) is 47.1 Å². The molecular weight excluding hydrogens is 256 g/mol. The summed E-state index contributed by atoms with van der Waals surface area (Å²) < 4.78 is 0. The minimum atomic E-state index is -0.340. The predicted octanol–water partition coefficient (Wildman–Crippen LogP) is 5.73. The molecule has 0 fully saturated rings. The Morgan fingerprint density at radius 3 is 2.24 bits per heavy atom. The van der Waals surface area contributed by atoms with E-state index in [0.29, 0.717) is 5.92 Å². The third kappa shape index (κ3) is 6.95. The average molecular weight is 288 g/mol. The molecule has 0 bridgehead atoms. The largest absolute Gasteiger partial charge is 0.389 e. The molecule has 0 saturated heterocycles. The van der Waals surface area contributed by atoms with Crippen LogP contribution in [0, 0.1) is 5.92 Å². The lowest BCUT2D eigenvalue weighted by Gasteiger charge is -2.21. The van der Waals surface area contributed by atoms with Crippen molar-refractivity contribution in [2.45, 2.75) is 72.3 Å². The van der Waals surface area contributed by atoms with Gasteiger partial charge in [0, 0.05) is 0 Å². The van der Waals surface area contributed by atoms with E-state index < -0.39 is 0 Å². The average Bonchev–Trinajstić information content (AvgIpc) is 2.41. The number of allylic oxidation sites excluding steroid dienone is 6. The van der Waals surface area contributed by atoms with E-state index in [1.54, 1.807) is 0 Å². The van der Waals surface area contributed by atoms with Gasteiger partial charge in [0.05, 0.1) is 6.10 Å². The second-order valence-electron chi connectivity index (χ2n) is 6.66. The van der Waals surface area contributed by atoms with Crippen molar-refractivity contribution in [2.75, 3.05) is 0 Å². The maximum Gasteiger partial charge on any atom is 0.0753 e. The molecule has 1 nitrogen and oxygen atoms in total. The molecule has 1 rings (SSSR count). The van der Waals surface area contributed by atoms with Crippen LogP contribution >= 0.6 is 0 Å². The fourth-order valence-corrected chi connectivity index (χ4v) is 2.71. The fourth-order valence-electron chi connectivity index (χ4n) is 2.71. The van der Waals surface area contributed by atoms with Gasteiger partial charge in [0.1, 0.15) is 0 Å². The maximum absolute atomic E-state index is 10.4. The van der Waals surface area contributed by atoms with Crippen LogP contribution in [0.1, 0.15) is 66.2 Å². The molecular formula is C20H32O. The van der Waals surface area contributed by atoms with Crippen LogP contribution in [0.3, 0.4) is 0 Å². The summed E-state index contributed by atoms with van der Waals surface area (Å²) in [5.41, 5.74) is 5.18. The van der Waals surface area contributed by atoms with Gasteiger partial charge in [0.25, 0.3) is 0 Å². The zero-order valence-corrected chi connectivity index (χ0v) is 14.3. The van der Waals surface area contributed by atoms with Gasteiger partial charge in [-0.05, 0) is 77.7 Å². The van der Waals surface area contributed by atoms with Crippen LogP contribution in [-0.4, -0.2) is 11.2 Å². The number of aliphatic hydroxyl groups is 1. The maximum atomic E-state index is 10.4. The highest BCUT2D eigenvalue weighted by molar-refractivity contribution is 5.12. The van der Waals surface area contributed by atoms with Crippen molar-refractivity contribution < 1.29 is 5.11 Å². The van der Waals surface area contributed by atoms with Gasteiger partial charge in [-0.15, -0.1) is 0 Å². The van der Waals surface area contributed by atoms with Crippen LogP contribution in [0.15, 0.2) is 47.1 Å². The van der Waals surface area contributed by atoms with Crippen molar-refractivity contribution in [2.24, 2.45) is 5.92 Å². The summed E-state index contributed by atoms with van der Waals surface area (Å²) in [6, 6.07) is 0. The summed E-state index contributed by atoms with van der Waals surface area (Å²) in [7, 11) is 0. The first-order valence-corrected chi connectivity index (χ1v) is 8.21. The third-order valence-electron chi connectivity index (χ3n) is 4.52. The Morgan fingerprint density at radius 1 is 1.05 bits per heavy atom. The normalized spacial score (nSPS) is 26.2. The van der Waals surface area contributed by atoms with E-state index in [1.807, 2.05) is 6.92 Å². The Bertz CT molecular complexity index is 437. The van der Waals surface area contributed by atoms with E-state index in [1.165, 1.54) is 16.7 Å². The standard InChI is InChI=1S/C20H32O/c1-15(2)19-13-12-17(4)9-6-8-16(3)10-7-11-18(5)20(21)14-19/h8,11-12,19-21H,1,6-7,9-10,13-14H2,2-5H3. The van der Waals surface area contributed by atoms with E-state index >= 15 is 0 Å². The molecule has 21 heavy (non-hydrogen) atoms. The fraction of sp³-hybridized carbons (Fsp3) is 0.600. The van der Waals surface area contributed by atoms with Crippen molar-refractivity contribution in [1.29, 1.82) is 0 Å². The Hall–Kier alpha value is -1.08. The van der Waals surface area contributed by atoms with Gasteiger partial charge in [0.15, 0.2) is 0 Å². The van der Waals surface area contributed by atoms with Gasteiger partial charge in [-0.1, -0.05) is 41.5 Å². The van der Waals surface area contributed by atoms with Gasteiger partial charge in [-0.25, -0.2) is 0 Å². The van der Waals surface area contributed by atoms with Gasteiger partial charge in [0.2, 0.25) is 0 Å².